The quantitative estimate of drug-likeness (QED) is 0.633. The van der Waals surface area contributed by atoms with Crippen LogP contribution >= 0.6 is 11.6 Å². The molecular formula is C10H11ClN2O2. The highest BCUT2D eigenvalue weighted by Gasteiger charge is 1.99. The number of rotatable bonds is 4. The van der Waals surface area contributed by atoms with Crippen molar-refractivity contribution in [1.29, 1.82) is 0 Å². The number of oxime groups is 1. The average molecular weight is 227 g/mol. The second-order valence-electron chi connectivity index (χ2n) is 2.73. The maximum absolute atomic E-state index is 11.3. The van der Waals surface area contributed by atoms with Crippen LogP contribution < -0.4 is 5.32 Å². The predicted molar refractivity (Wildman–Crippen MR) is 60.2 cm³/mol. The van der Waals surface area contributed by atoms with E-state index in [4.69, 9.17) is 11.6 Å². The zero-order valence-electron chi connectivity index (χ0n) is 8.24. The molecule has 0 aliphatic rings. The number of amides is 1. The van der Waals surface area contributed by atoms with Gasteiger partial charge in [0, 0.05) is 10.7 Å². The SMILES string of the molecule is CO/N=C/CC(=O)Nc1ccc(Cl)cc1. The van der Waals surface area contributed by atoms with Gasteiger partial charge in [0.15, 0.2) is 0 Å². The standard InChI is InChI=1S/C10H11ClN2O2/c1-15-12-7-6-10(14)13-9-4-2-8(11)3-5-9/h2-5,7H,6H2,1H3,(H,13,14)/b12-7+. The molecule has 1 aromatic carbocycles. The lowest BCUT2D eigenvalue weighted by Gasteiger charge is -2.02. The molecule has 1 amide bonds. The Kier molecular flexibility index (Phi) is 4.63. The van der Waals surface area contributed by atoms with E-state index >= 15 is 0 Å². The van der Waals surface area contributed by atoms with Crippen LogP contribution in [0.25, 0.3) is 0 Å². The van der Waals surface area contributed by atoms with Crippen LogP contribution in [0.4, 0.5) is 5.69 Å². The molecule has 0 spiro atoms. The lowest BCUT2D eigenvalue weighted by molar-refractivity contribution is -0.115. The summed E-state index contributed by atoms with van der Waals surface area (Å²) >= 11 is 5.70. The number of nitrogens with zero attached hydrogens (tertiary/aromatic N) is 1. The first-order valence-corrected chi connectivity index (χ1v) is 4.70. The third-order valence-electron chi connectivity index (χ3n) is 1.58. The predicted octanol–water partition coefficient (Wildman–Crippen LogP) is 2.30. The van der Waals surface area contributed by atoms with Crippen LogP contribution in [0.15, 0.2) is 29.4 Å². The van der Waals surface area contributed by atoms with Crippen molar-refractivity contribution in [3.8, 4) is 0 Å². The van der Waals surface area contributed by atoms with E-state index in [1.54, 1.807) is 24.3 Å². The van der Waals surface area contributed by atoms with Crippen molar-refractivity contribution < 1.29 is 9.63 Å². The molecule has 0 radical (unpaired) electrons. The minimum Gasteiger partial charge on any atom is -0.399 e. The molecular weight excluding hydrogens is 216 g/mol. The summed E-state index contributed by atoms with van der Waals surface area (Å²) in [6.45, 7) is 0. The molecule has 0 bridgehead atoms. The first-order valence-electron chi connectivity index (χ1n) is 4.33. The van der Waals surface area contributed by atoms with Crippen molar-refractivity contribution in [2.45, 2.75) is 6.42 Å². The molecule has 0 aliphatic carbocycles. The minimum absolute atomic E-state index is 0.155. The van der Waals surface area contributed by atoms with Gasteiger partial charge in [-0.3, -0.25) is 4.79 Å². The van der Waals surface area contributed by atoms with Gasteiger partial charge in [-0.2, -0.15) is 0 Å². The van der Waals surface area contributed by atoms with Gasteiger partial charge in [-0.05, 0) is 24.3 Å². The normalized spacial score (nSPS) is 10.3. The second kappa shape index (κ2) is 6.03. The number of hydrogen-bond donors (Lipinski definition) is 1. The van der Waals surface area contributed by atoms with Crippen LogP contribution in [0, 0.1) is 0 Å². The summed E-state index contributed by atoms with van der Waals surface area (Å²) in [6, 6.07) is 6.88. The van der Waals surface area contributed by atoms with E-state index in [1.165, 1.54) is 13.3 Å². The van der Waals surface area contributed by atoms with Gasteiger partial charge in [0.25, 0.3) is 0 Å². The van der Waals surface area contributed by atoms with Gasteiger partial charge < -0.3 is 10.2 Å². The molecule has 0 aliphatic heterocycles. The van der Waals surface area contributed by atoms with Crippen molar-refractivity contribution in [2.75, 3.05) is 12.4 Å². The number of carbonyl (C=O) groups is 1. The summed E-state index contributed by atoms with van der Waals surface area (Å²) < 4.78 is 0. The summed E-state index contributed by atoms with van der Waals surface area (Å²) in [5.41, 5.74) is 0.704. The van der Waals surface area contributed by atoms with Gasteiger partial charge in [-0.25, -0.2) is 0 Å². The van der Waals surface area contributed by atoms with Crippen LogP contribution in [0.2, 0.25) is 5.02 Å². The molecule has 15 heavy (non-hydrogen) atoms. The zero-order valence-corrected chi connectivity index (χ0v) is 8.99. The highest BCUT2D eigenvalue weighted by molar-refractivity contribution is 6.30. The zero-order chi connectivity index (χ0) is 11.1. The van der Waals surface area contributed by atoms with Crippen LogP contribution in [0.5, 0.6) is 0 Å². The fraction of sp³-hybridized carbons (Fsp3) is 0.200. The van der Waals surface area contributed by atoms with Crippen LogP contribution in [-0.2, 0) is 9.63 Å². The van der Waals surface area contributed by atoms with Gasteiger partial charge in [0.1, 0.15) is 7.11 Å². The molecule has 0 atom stereocenters. The molecule has 0 aromatic heterocycles. The molecule has 1 N–H and O–H groups in total. The van der Waals surface area contributed by atoms with E-state index in [-0.39, 0.29) is 12.3 Å². The number of nitrogens with one attached hydrogen (secondary N) is 1. The van der Waals surface area contributed by atoms with Gasteiger partial charge in [-0.1, -0.05) is 16.8 Å². The van der Waals surface area contributed by atoms with Gasteiger partial charge in [0.05, 0.1) is 12.6 Å². The Morgan fingerprint density at radius 2 is 2.20 bits per heavy atom. The largest absolute Gasteiger partial charge is 0.399 e. The first kappa shape index (κ1) is 11.5. The summed E-state index contributed by atoms with van der Waals surface area (Å²) in [4.78, 5) is 15.7. The Balaban J connectivity index is 2.44. The van der Waals surface area contributed by atoms with Gasteiger partial charge >= 0.3 is 0 Å². The topological polar surface area (TPSA) is 50.7 Å². The van der Waals surface area contributed by atoms with E-state index < -0.39 is 0 Å². The number of carbonyl (C=O) groups excluding carboxylic acids is 1. The van der Waals surface area contributed by atoms with Crippen molar-refractivity contribution in [3.63, 3.8) is 0 Å². The lowest BCUT2D eigenvalue weighted by Crippen LogP contribution is -2.11. The smallest absolute Gasteiger partial charge is 0.229 e. The summed E-state index contributed by atoms with van der Waals surface area (Å²) in [5, 5.41) is 6.78. The average Bonchev–Trinajstić information content (AvgIpc) is 2.22. The van der Waals surface area contributed by atoms with Crippen molar-refractivity contribution in [2.24, 2.45) is 5.16 Å². The monoisotopic (exact) mass is 226 g/mol. The van der Waals surface area contributed by atoms with Crippen LogP contribution in [-0.4, -0.2) is 19.2 Å². The highest BCUT2D eigenvalue weighted by Crippen LogP contribution is 2.13. The lowest BCUT2D eigenvalue weighted by atomic mass is 10.3. The van der Waals surface area contributed by atoms with Crippen molar-refractivity contribution >= 4 is 29.4 Å². The number of benzene rings is 1. The summed E-state index contributed by atoms with van der Waals surface area (Å²) in [5.74, 6) is -0.155. The third kappa shape index (κ3) is 4.46. The van der Waals surface area contributed by atoms with E-state index in [1.807, 2.05) is 0 Å². The van der Waals surface area contributed by atoms with Crippen LogP contribution in [0.3, 0.4) is 0 Å². The van der Waals surface area contributed by atoms with Gasteiger partial charge in [-0.15, -0.1) is 0 Å². The Morgan fingerprint density at radius 1 is 1.53 bits per heavy atom. The number of hydrogen-bond acceptors (Lipinski definition) is 3. The fourth-order valence-electron chi connectivity index (χ4n) is 0.940. The molecule has 0 saturated heterocycles. The van der Waals surface area contributed by atoms with Crippen LogP contribution in [0.1, 0.15) is 6.42 Å². The Bertz CT molecular complexity index is 349. The summed E-state index contributed by atoms with van der Waals surface area (Å²) in [6.07, 6.45) is 1.57. The third-order valence-corrected chi connectivity index (χ3v) is 1.84. The second-order valence-corrected chi connectivity index (χ2v) is 3.17. The van der Waals surface area contributed by atoms with E-state index in [9.17, 15) is 4.79 Å². The maximum atomic E-state index is 11.3. The number of anilines is 1. The van der Waals surface area contributed by atoms with Crippen molar-refractivity contribution in [3.05, 3.63) is 29.3 Å². The molecule has 0 unspecified atom stereocenters. The highest BCUT2D eigenvalue weighted by atomic mass is 35.5. The molecule has 80 valence electrons. The van der Waals surface area contributed by atoms with E-state index in [0.29, 0.717) is 10.7 Å². The molecule has 0 heterocycles. The summed E-state index contributed by atoms with van der Waals surface area (Å²) in [7, 11) is 1.42. The molecule has 0 saturated carbocycles. The molecule has 4 nitrogen and oxygen atoms in total. The number of halogens is 1. The van der Waals surface area contributed by atoms with E-state index in [0.717, 1.165) is 0 Å². The fourth-order valence-corrected chi connectivity index (χ4v) is 1.07. The molecule has 1 rings (SSSR count). The molecule has 5 heteroatoms. The van der Waals surface area contributed by atoms with E-state index in [2.05, 4.69) is 15.3 Å². The Morgan fingerprint density at radius 3 is 2.80 bits per heavy atom. The minimum atomic E-state index is -0.155. The van der Waals surface area contributed by atoms with Gasteiger partial charge in [0.2, 0.25) is 5.91 Å². The first-order chi connectivity index (χ1) is 7.22. The molecule has 1 aromatic rings. The Hall–Kier alpha value is -1.55. The Labute approximate surface area is 92.9 Å². The molecule has 0 fully saturated rings. The maximum Gasteiger partial charge on any atom is 0.229 e. The van der Waals surface area contributed by atoms with Crippen molar-refractivity contribution in [1.82, 2.24) is 0 Å².